The number of aliphatic hydroxyl groups is 2. The maximum atomic E-state index is 10.1. The Morgan fingerprint density at radius 1 is 1.04 bits per heavy atom. The third-order valence-electron chi connectivity index (χ3n) is 5.18. The van der Waals surface area contributed by atoms with Crippen LogP contribution in [-0.2, 0) is 6.54 Å². The Hall–Kier alpha value is -2.34. The van der Waals surface area contributed by atoms with Crippen LogP contribution in [0.1, 0.15) is 12.0 Å². The number of hydrogen-bond acceptors (Lipinski definition) is 5. The average Bonchev–Trinajstić information content (AvgIpc) is 2.68. The summed E-state index contributed by atoms with van der Waals surface area (Å²) in [7, 11) is 0. The lowest BCUT2D eigenvalue weighted by atomic mass is 9.94. The molecule has 26 heavy (non-hydrogen) atoms. The minimum absolute atomic E-state index is 0.00348. The first-order valence-electron chi connectivity index (χ1n) is 9.05. The van der Waals surface area contributed by atoms with Crippen molar-refractivity contribution in [3.63, 3.8) is 0 Å². The van der Waals surface area contributed by atoms with Crippen molar-refractivity contribution in [1.82, 2.24) is 14.9 Å². The molecule has 0 amide bonds. The van der Waals surface area contributed by atoms with E-state index in [-0.39, 0.29) is 12.5 Å². The predicted molar refractivity (Wildman–Crippen MR) is 101 cm³/mol. The van der Waals surface area contributed by atoms with Gasteiger partial charge in [-0.15, -0.1) is 0 Å². The van der Waals surface area contributed by atoms with Crippen LogP contribution in [0.5, 0.6) is 0 Å². The van der Waals surface area contributed by atoms with Crippen molar-refractivity contribution in [2.45, 2.75) is 19.1 Å². The third-order valence-corrected chi connectivity index (χ3v) is 5.18. The van der Waals surface area contributed by atoms with E-state index in [0.717, 1.165) is 35.3 Å². The van der Waals surface area contributed by atoms with E-state index in [9.17, 15) is 10.2 Å². The molecule has 2 N–H and O–H groups in total. The van der Waals surface area contributed by atoms with Gasteiger partial charge in [-0.25, -0.2) is 9.97 Å². The number of fused-ring (bicyclic) bond motifs is 1. The number of rotatable bonds is 4. The summed E-state index contributed by atoms with van der Waals surface area (Å²) in [6, 6.07) is 14.4. The highest BCUT2D eigenvalue weighted by Gasteiger charge is 2.27. The summed E-state index contributed by atoms with van der Waals surface area (Å²) in [4.78, 5) is 11.3. The summed E-state index contributed by atoms with van der Waals surface area (Å²) >= 11 is 0. The Kier molecular flexibility index (Phi) is 4.93. The van der Waals surface area contributed by atoms with Crippen LogP contribution in [0.25, 0.3) is 22.2 Å². The monoisotopic (exact) mass is 349 g/mol. The van der Waals surface area contributed by atoms with Gasteiger partial charge in [0.15, 0.2) is 5.82 Å². The zero-order valence-electron chi connectivity index (χ0n) is 14.6. The van der Waals surface area contributed by atoms with E-state index in [1.54, 1.807) is 0 Å². The third kappa shape index (κ3) is 3.46. The zero-order valence-corrected chi connectivity index (χ0v) is 14.6. The zero-order chi connectivity index (χ0) is 17.9. The van der Waals surface area contributed by atoms with E-state index >= 15 is 0 Å². The molecule has 134 valence electrons. The molecule has 0 unspecified atom stereocenters. The quantitative estimate of drug-likeness (QED) is 0.757. The van der Waals surface area contributed by atoms with Gasteiger partial charge in [-0.2, -0.15) is 0 Å². The molecule has 0 radical (unpaired) electrons. The standard InChI is InChI=1S/C21H23N3O2/c25-14-17-8-9-24(13-20(17)26)12-15-10-22-21(23-11-15)19-7-3-5-16-4-1-2-6-18(16)19/h1-7,10-11,17,20,25-26H,8-9,12-14H2/t17-,20-/m1/s1. The summed E-state index contributed by atoms with van der Waals surface area (Å²) in [5, 5.41) is 21.7. The molecule has 2 atom stereocenters. The van der Waals surface area contributed by atoms with E-state index in [4.69, 9.17) is 0 Å². The number of β-amino-alcohol motifs (C(OH)–C–C–N with tert-alkyl or cyclic N) is 1. The summed E-state index contributed by atoms with van der Waals surface area (Å²) in [5.41, 5.74) is 2.07. The van der Waals surface area contributed by atoms with Gasteiger partial charge < -0.3 is 10.2 Å². The number of hydrogen-bond donors (Lipinski definition) is 2. The topological polar surface area (TPSA) is 69.5 Å². The fourth-order valence-corrected chi connectivity index (χ4v) is 3.66. The van der Waals surface area contributed by atoms with Crippen molar-refractivity contribution >= 4 is 10.8 Å². The van der Waals surface area contributed by atoms with Gasteiger partial charge in [0.1, 0.15) is 0 Å². The summed E-state index contributed by atoms with van der Waals surface area (Å²) < 4.78 is 0. The van der Waals surface area contributed by atoms with E-state index in [1.165, 1.54) is 5.39 Å². The number of nitrogens with zero attached hydrogens (tertiary/aromatic N) is 3. The SMILES string of the molecule is OC[C@H]1CCN(Cc2cnc(-c3cccc4ccccc34)nc2)C[C@H]1O. The van der Waals surface area contributed by atoms with E-state index in [1.807, 2.05) is 36.7 Å². The molecular weight excluding hydrogens is 326 g/mol. The first-order valence-corrected chi connectivity index (χ1v) is 9.05. The van der Waals surface area contributed by atoms with Crippen molar-refractivity contribution < 1.29 is 10.2 Å². The van der Waals surface area contributed by atoms with E-state index in [2.05, 4.69) is 33.1 Å². The van der Waals surface area contributed by atoms with Gasteiger partial charge in [0.25, 0.3) is 0 Å². The molecule has 0 aliphatic carbocycles. The number of piperidine rings is 1. The van der Waals surface area contributed by atoms with Crippen molar-refractivity contribution in [1.29, 1.82) is 0 Å². The van der Waals surface area contributed by atoms with Gasteiger partial charge in [-0.05, 0) is 23.7 Å². The number of benzene rings is 2. The summed E-state index contributed by atoms with van der Waals surface area (Å²) in [6.07, 6.45) is 4.08. The number of aliphatic hydroxyl groups excluding tert-OH is 2. The highest BCUT2D eigenvalue weighted by Crippen LogP contribution is 2.26. The molecule has 1 saturated heterocycles. The van der Waals surface area contributed by atoms with E-state index in [0.29, 0.717) is 13.1 Å². The van der Waals surface area contributed by atoms with Crippen LogP contribution in [0.2, 0.25) is 0 Å². The van der Waals surface area contributed by atoms with Crippen molar-refractivity contribution in [3.8, 4) is 11.4 Å². The largest absolute Gasteiger partial charge is 0.396 e. The lowest BCUT2D eigenvalue weighted by Crippen LogP contribution is -2.44. The van der Waals surface area contributed by atoms with Crippen molar-refractivity contribution in [2.75, 3.05) is 19.7 Å². The molecule has 0 saturated carbocycles. The molecule has 4 rings (SSSR count). The van der Waals surface area contributed by atoms with E-state index < -0.39 is 6.10 Å². The Labute approximate surface area is 153 Å². The second-order valence-corrected chi connectivity index (χ2v) is 6.98. The fraction of sp³-hybridized carbons (Fsp3) is 0.333. The molecule has 5 nitrogen and oxygen atoms in total. The average molecular weight is 349 g/mol. The molecule has 2 aromatic carbocycles. The highest BCUT2D eigenvalue weighted by molar-refractivity contribution is 5.94. The van der Waals surface area contributed by atoms with Crippen molar-refractivity contribution in [3.05, 3.63) is 60.4 Å². The molecule has 3 aromatic rings. The van der Waals surface area contributed by atoms with Crippen LogP contribution in [0.3, 0.4) is 0 Å². The summed E-state index contributed by atoms with van der Waals surface area (Å²) in [5.74, 6) is 0.723. The summed E-state index contributed by atoms with van der Waals surface area (Å²) in [6.45, 7) is 2.21. The smallest absolute Gasteiger partial charge is 0.159 e. The second kappa shape index (κ2) is 7.50. The van der Waals surface area contributed by atoms with Crippen LogP contribution in [-0.4, -0.2) is 50.9 Å². The molecular formula is C21H23N3O2. The number of aromatic nitrogens is 2. The van der Waals surface area contributed by atoms with Crippen LogP contribution in [0.4, 0.5) is 0 Å². The lowest BCUT2D eigenvalue weighted by molar-refractivity contribution is -0.00449. The molecule has 0 spiro atoms. The maximum absolute atomic E-state index is 10.1. The Balaban J connectivity index is 1.50. The van der Waals surface area contributed by atoms with Crippen LogP contribution >= 0.6 is 0 Å². The van der Waals surface area contributed by atoms with Gasteiger partial charge in [0, 0.05) is 49.1 Å². The van der Waals surface area contributed by atoms with Crippen LogP contribution in [0.15, 0.2) is 54.9 Å². The Morgan fingerprint density at radius 3 is 2.58 bits per heavy atom. The highest BCUT2D eigenvalue weighted by atomic mass is 16.3. The van der Waals surface area contributed by atoms with Gasteiger partial charge in [0.2, 0.25) is 0 Å². The van der Waals surface area contributed by atoms with Gasteiger partial charge in [-0.1, -0.05) is 42.5 Å². The molecule has 5 heteroatoms. The van der Waals surface area contributed by atoms with Crippen LogP contribution < -0.4 is 0 Å². The predicted octanol–water partition coefficient (Wildman–Crippen LogP) is 2.47. The number of likely N-dealkylation sites (tertiary alicyclic amines) is 1. The first-order chi connectivity index (χ1) is 12.7. The second-order valence-electron chi connectivity index (χ2n) is 6.98. The minimum atomic E-state index is -0.468. The Bertz CT molecular complexity index is 877. The normalized spacial score (nSPS) is 21.2. The first kappa shape index (κ1) is 17.1. The molecule has 1 aliphatic rings. The van der Waals surface area contributed by atoms with Gasteiger partial charge in [-0.3, -0.25) is 4.90 Å². The van der Waals surface area contributed by atoms with Crippen molar-refractivity contribution in [2.24, 2.45) is 5.92 Å². The van der Waals surface area contributed by atoms with Crippen LogP contribution in [0, 0.1) is 5.92 Å². The lowest BCUT2D eigenvalue weighted by Gasteiger charge is -2.34. The molecule has 0 bridgehead atoms. The van der Waals surface area contributed by atoms with Gasteiger partial charge in [0.05, 0.1) is 6.10 Å². The van der Waals surface area contributed by atoms with Gasteiger partial charge >= 0.3 is 0 Å². The molecule has 1 fully saturated rings. The molecule has 1 aliphatic heterocycles. The fourth-order valence-electron chi connectivity index (χ4n) is 3.66. The maximum Gasteiger partial charge on any atom is 0.159 e. The minimum Gasteiger partial charge on any atom is -0.396 e. The molecule has 1 aromatic heterocycles. The molecule has 2 heterocycles. The Morgan fingerprint density at radius 2 is 1.81 bits per heavy atom.